The van der Waals surface area contributed by atoms with Gasteiger partial charge in [-0.2, -0.15) is 0 Å². The summed E-state index contributed by atoms with van der Waals surface area (Å²) in [7, 11) is 0. The Kier molecular flexibility index (Phi) is 16.3. The molecule has 0 aliphatic carbocycles. The molecule has 1 aliphatic heterocycles. The maximum absolute atomic E-state index is 14.6. The summed E-state index contributed by atoms with van der Waals surface area (Å²) < 4.78 is 17.3. The summed E-state index contributed by atoms with van der Waals surface area (Å²) >= 11 is 0. The normalized spacial score (nSPS) is 28.7. The van der Waals surface area contributed by atoms with Crippen molar-refractivity contribution in [2.75, 3.05) is 19.6 Å². The fourth-order valence-electron chi connectivity index (χ4n) is 9.75. The van der Waals surface area contributed by atoms with Crippen LogP contribution in [-0.4, -0.2) is 114 Å². The van der Waals surface area contributed by atoms with Crippen LogP contribution in [0.3, 0.4) is 0 Å². The number of aromatic hydroxyl groups is 2. The summed E-state index contributed by atoms with van der Waals surface area (Å²) in [4.78, 5) is 57.8. The number of hydrogen-bond donors (Lipinski definition) is 8. The Morgan fingerprint density at radius 1 is 0.818 bits per heavy atom. The summed E-state index contributed by atoms with van der Waals surface area (Å²) in [6.45, 7) is 18.7. The van der Waals surface area contributed by atoms with Gasteiger partial charge in [0.2, 0.25) is 5.91 Å². The number of aliphatic hydroxyl groups excluding tert-OH is 3. The second kappa shape index (κ2) is 20.6. The number of hydrogen-bond acceptors (Lipinski definition) is 15. The second-order valence-electron chi connectivity index (χ2n) is 19.6. The molecule has 0 radical (unpaired) electrons. The van der Waals surface area contributed by atoms with Crippen LogP contribution in [0.2, 0.25) is 0 Å². The molecule has 2 aromatic heterocycles. The van der Waals surface area contributed by atoms with E-state index in [1.807, 2.05) is 39.5 Å². The topological polar surface area (TPSA) is 261 Å². The van der Waals surface area contributed by atoms with Gasteiger partial charge < -0.3 is 54.6 Å². The summed E-state index contributed by atoms with van der Waals surface area (Å²) in [5.74, 6) is -7.64. The Labute approximate surface area is 385 Å². The van der Waals surface area contributed by atoms with Gasteiger partial charge in [0.1, 0.15) is 46.4 Å². The first-order chi connectivity index (χ1) is 30.8. The first kappa shape index (κ1) is 52.1. The van der Waals surface area contributed by atoms with Gasteiger partial charge in [-0.1, -0.05) is 72.7 Å². The first-order valence-electron chi connectivity index (χ1n) is 23.1. The minimum Gasteiger partial charge on any atom is -0.507 e. The minimum absolute atomic E-state index is 0.0305. The largest absolute Gasteiger partial charge is 0.507 e. The molecule has 2 aromatic carbocycles. The van der Waals surface area contributed by atoms with Crippen LogP contribution in [0.15, 0.2) is 54.8 Å². The van der Waals surface area contributed by atoms with Crippen molar-refractivity contribution in [2.24, 2.45) is 17.8 Å². The lowest BCUT2D eigenvalue weighted by Gasteiger charge is -2.43. The molecule has 0 spiro atoms. The van der Waals surface area contributed by atoms with Crippen molar-refractivity contribution in [2.45, 2.75) is 155 Å². The van der Waals surface area contributed by atoms with E-state index in [1.54, 1.807) is 38.1 Å². The molecular weight excluding hydrogens is 853 g/mol. The van der Waals surface area contributed by atoms with Gasteiger partial charge in [0, 0.05) is 31.6 Å². The fraction of sp³-hybridized carbons (Fsp3) is 0.600. The molecule has 1 fully saturated rings. The number of nitrogens with zero attached hydrogens (tertiary/aromatic N) is 1. The predicted octanol–water partition coefficient (Wildman–Crippen LogP) is 5.10. The highest BCUT2D eigenvalue weighted by Crippen LogP contribution is 2.41. The molecule has 10 atom stereocenters. The highest BCUT2D eigenvalue weighted by molar-refractivity contribution is 5.95. The third-order valence-corrected chi connectivity index (χ3v) is 13.7. The molecular formula is C50H70N2O14. The van der Waals surface area contributed by atoms with Crippen molar-refractivity contribution in [3.63, 3.8) is 0 Å². The number of carbonyl (C=O) groups excluding carboxylic acids is 2. The summed E-state index contributed by atoms with van der Waals surface area (Å²) in [6, 6.07) is 9.02. The number of rotatable bonds is 10. The molecule has 1 aliphatic rings. The molecule has 5 rings (SSSR count). The van der Waals surface area contributed by atoms with Gasteiger partial charge >= 0.3 is 17.2 Å². The van der Waals surface area contributed by atoms with Crippen LogP contribution in [0.1, 0.15) is 135 Å². The standard InChI is InChI=1S/C50H70N2O14/c1-12-34-50(11,63)44(57)29(9)52(23-26(6)22-49(10,62)43(56)27(7)38(53)28(8)46(59)64-34)21-15-20-51-45(58)35(36-39(54)32-18-13-16-30(24(2)3)41(32)65-47(36)60)37-40(55)33-19-14-17-31(25(4)5)42(33)66-48(37)61/h13-14,16-19,24-29,34-35,38,43-44,53-57,62-63H,12,15,20-23H2,1-11H3,(H,51,58)/t26-,27+,28-,29-,34-,38+,43-,44-,49-,50-/m1/s1. The molecule has 364 valence electrons. The maximum atomic E-state index is 14.6. The first-order valence-corrected chi connectivity index (χ1v) is 23.1. The van der Waals surface area contributed by atoms with Crippen LogP contribution in [0.5, 0.6) is 11.5 Å². The van der Waals surface area contributed by atoms with Crippen molar-refractivity contribution in [3.8, 4) is 11.5 Å². The van der Waals surface area contributed by atoms with Crippen molar-refractivity contribution in [1.82, 2.24) is 10.2 Å². The zero-order chi connectivity index (χ0) is 49.3. The van der Waals surface area contributed by atoms with Crippen molar-refractivity contribution in [3.05, 3.63) is 79.5 Å². The molecule has 16 heteroatoms. The van der Waals surface area contributed by atoms with Gasteiger partial charge in [0.25, 0.3) is 0 Å². The van der Waals surface area contributed by atoms with E-state index in [1.165, 1.54) is 39.8 Å². The lowest BCUT2D eigenvalue weighted by Crippen LogP contribution is -2.59. The number of para-hydroxylation sites is 2. The SMILES string of the molecule is CC[C@H]1OC(=O)[C@H](C)[C@@H](O)[C@H](C)[C@@H](O)[C@](C)(O)C[C@@H](C)CN(CCCNC(=O)C(c2c(O)c3cccc(C(C)C)c3oc2=O)c2c(O)c3cccc(C(C)C)c3oc2=O)[C@H](C)[C@@H](O)[C@]1(C)O. The molecule has 0 saturated carbocycles. The number of aliphatic hydroxyl groups is 5. The van der Waals surface area contributed by atoms with Gasteiger partial charge in [-0.05, 0) is 88.0 Å². The summed E-state index contributed by atoms with van der Waals surface area (Å²) in [6.07, 6.45) is -5.28. The van der Waals surface area contributed by atoms with Crippen LogP contribution in [0.4, 0.5) is 0 Å². The Morgan fingerprint density at radius 2 is 1.32 bits per heavy atom. The minimum atomic E-state index is -1.99. The van der Waals surface area contributed by atoms with E-state index in [0.29, 0.717) is 11.1 Å². The third kappa shape index (κ3) is 10.3. The van der Waals surface area contributed by atoms with E-state index in [9.17, 15) is 54.9 Å². The molecule has 66 heavy (non-hydrogen) atoms. The van der Waals surface area contributed by atoms with E-state index in [0.717, 1.165) is 0 Å². The smallest absolute Gasteiger partial charge is 0.344 e. The highest BCUT2D eigenvalue weighted by atomic mass is 16.6. The Balaban J connectivity index is 1.53. The van der Waals surface area contributed by atoms with E-state index in [2.05, 4.69) is 5.32 Å². The fourth-order valence-corrected chi connectivity index (χ4v) is 9.75. The van der Waals surface area contributed by atoms with Gasteiger partial charge in [-0.3, -0.25) is 14.5 Å². The van der Waals surface area contributed by atoms with Gasteiger partial charge in [-0.15, -0.1) is 0 Å². The quantitative estimate of drug-likeness (QED) is 0.0584. The number of fused-ring (bicyclic) bond motifs is 2. The summed E-state index contributed by atoms with van der Waals surface area (Å²) in [5, 5.41) is 84.3. The van der Waals surface area contributed by atoms with Crippen LogP contribution in [0, 0.1) is 17.8 Å². The zero-order valence-corrected chi connectivity index (χ0v) is 40.0. The number of benzene rings is 2. The lowest BCUT2D eigenvalue weighted by atomic mass is 9.78. The Bertz CT molecular complexity index is 2380. The molecule has 1 saturated heterocycles. The second-order valence-corrected chi connectivity index (χ2v) is 19.6. The Morgan fingerprint density at radius 3 is 1.79 bits per heavy atom. The molecule has 1 amide bonds. The number of ether oxygens (including phenoxy) is 1. The molecule has 16 nitrogen and oxygen atoms in total. The van der Waals surface area contributed by atoms with Crippen LogP contribution < -0.4 is 16.6 Å². The van der Waals surface area contributed by atoms with E-state index < -0.39 is 105 Å². The monoisotopic (exact) mass is 922 g/mol. The van der Waals surface area contributed by atoms with E-state index >= 15 is 0 Å². The molecule has 0 unspecified atom stereocenters. The number of nitrogens with one attached hydrogen (secondary N) is 1. The predicted molar refractivity (Wildman–Crippen MR) is 249 cm³/mol. The highest BCUT2D eigenvalue weighted by Gasteiger charge is 2.47. The zero-order valence-electron chi connectivity index (χ0n) is 40.0. The third-order valence-electron chi connectivity index (χ3n) is 13.7. The maximum Gasteiger partial charge on any atom is 0.344 e. The number of amides is 1. The Hall–Kier alpha value is -4.84. The van der Waals surface area contributed by atoms with Crippen LogP contribution in [0.25, 0.3) is 21.9 Å². The molecule has 8 N–H and O–H groups in total. The number of esters is 1. The van der Waals surface area contributed by atoms with Gasteiger partial charge in [0.05, 0.1) is 45.6 Å². The van der Waals surface area contributed by atoms with Gasteiger partial charge in [0.15, 0.2) is 0 Å². The van der Waals surface area contributed by atoms with E-state index in [-0.39, 0.29) is 78.6 Å². The number of carbonyl (C=O) groups is 2. The van der Waals surface area contributed by atoms with Gasteiger partial charge in [-0.25, -0.2) is 9.59 Å². The molecule has 0 bridgehead atoms. The van der Waals surface area contributed by atoms with E-state index in [4.69, 9.17) is 13.6 Å². The van der Waals surface area contributed by atoms with Crippen LogP contribution in [-0.2, 0) is 14.3 Å². The van der Waals surface area contributed by atoms with Crippen molar-refractivity contribution >= 4 is 33.8 Å². The number of cyclic esters (lactones) is 1. The van der Waals surface area contributed by atoms with Crippen molar-refractivity contribution in [1.29, 1.82) is 0 Å². The lowest BCUT2D eigenvalue weighted by molar-refractivity contribution is -0.193. The molecule has 3 heterocycles. The average molecular weight is 923 g/mol. The van der Waals surface area contributed by atoms with Crippen molar-refractivity contribution < 1.29 is 58.9 Å². The average Bonchev–Trinajstić information content (AvgIpc) is 3.25. The van der Waals surface area contributed by atoms with Crippen LogP contribution >= 0.6 is 0 Å². The summed E-state index contributed by atoms with van der Waals surface area (Å²) in [5.41, 5.74) is -5.66. The molecule has 4 aromatic rings.